The van der Waals surface area contributed by atoms with Crippen molar-refractivity contribution >= 4 is 35.6 Å². The van der Waals surface area contributed by atoms with Gasteiger partial charge in [0.2, 0.25) is 5.78 Å². The van der Waals surface area contributed by atoms with E-state index < -0.39 is 41.4 Å². The molecule has 3 amide bonds. The van der Waals surface area contributed by atoms with Crippen molar-refractivity contribution in [1.29, 1.82) is 0 Å². The van der Waals surface area contributed by atoms with Crippen molar-refractivity contribution in [2.75, 3.05) is 41.4 Å². The van der Waals surface area contributed by atoms with Crippen LogP contribution in [-0.2, 0) is 35.3 Å². The first-order chi connectivity index (χ1) is 17.0. The van der Waals surface area contributed by atoms with Crippen LogP contribution in [0.4, 0.5) is 4.39 Å². The largest absolute Gasteiger partial charge is 0.377 e. The van der Waals surface area contributed by atoms with Crippen LogP contribution < -0.4 is 5.32 Å². The Bertz CT molecular complexity index is 1010. The Morgan fingerprint density at radius 2 is 1.81 bits per heavy atom. The van der Waals surface area contributed by atoms with Gasteiger partial charge in [0.05, 0.1) is 19.3 Å². The molecular formula is C24H32FN5O6. The molecule has 2 rings (SSSR count). The van der Waals surface area contributed by atoms with Gasteiger partial charge in [0, 0.05) is 34.7 Å². The summed E-state index contributed by atoms with van der Waals surface area (Å²) in [6.07, 6.45) is 0.635. The topological polar surface area (TPSA) is 129 Å². The SMILES string of the molecule is CCC1COCC(N(C)C(=O)C(=O)N(C)C)C(=NC(C(=O)C=O)C(=O)NCc2ccc(F)cc2)N1C. The van der Waals surface area contributed by atoms with Crippen LogP contribution in [0.2, 0.25) is 0 Å². The molecular weight excluding hydrogens is 473 g/mol. The number of Topliss-reactive ketones (excluding diaryl/α,β-unsaturated/α-hetero) is 1. The summed E-state index contributed by atoms with van der Waals surface area (Å²) in [6.45, 7) is 2.13. The highest BCUT2D eigenvalue weighted by atomic mass is 19.1. The number of amides is 3. The number of aliphatic imine (C=N–C) groups is 1. The summed E-state index contributed by atoms with van der Waals surface area (Å²) in [4.78, 5) is 70.2. The number of ether oxygens (including phenoxy) is 1. The van der Waals surface area contributed by atoms with Gasteiger partial charge in [0.25, 0.3) is 5.91 Å². The minimum atomic E-state index is -1.73. The molecule has 12 heteroatoms. The molecule has 1 heterocycles. The fourth-order valence-corrected chi connectivity index (χ4v) is 3.60. The third-order valence-corrected chi connectivity index (χ3v) is 5.92. The summed E-state index contributed by atoms with van der Waals surface area (Å²) in [5, 5.41) is 2.54. The Morgan fingerprint density at radius 3 is 2.36 bits per heavy atom. The second kappa shape index (κ2) is 12.9. The molecule has 0 aliphatic carbocycles. The normalized spacial score (nSPS) is 19.7. The van der Waals surface area contributed by atoms with Crippen LogP contribution in [0.25, 0.3) is 0 Å². The molecule has 1 saturated heterocycles. The highest BCUT2D eigenvalue weighted by Gasteiger charge is 2.37. The summed E-state index contributed by atoms with van der Waals surface area (Å²) in [7, 11) is 5.96. The summed E-state index contributed by atoms with van der Waals surface area (Å²) < 4.78 is 18.9. The van der Waals surface area contributed by atoms with E-state index >= 15 is 0 Å². The number of rotatable bonds is 8. The van der Waals surface area contributed by atoms with Crippen molar-refractivity contribution in [3.8, 4) is 0 Å². The highest BCUT2D eigenvalue weighted by molar-refractivity contribution is 6.35. The van der Waals surface area contributed by atoms with Gasteiger partial charge in [-0.05, 0) is 24.1 Å². The molecule has 0 bridgehead atoms. The number of amidine groups is 1. The first-order valence-electron chi connectivity index (χ1n) is 11.4. The molecule has 0 radical (unpaired) electrons. The van der Waals surface area contributed by atoms with Crippen LogP contribution in [0.1, 0.15) is 18.9 Å². The number of hydrogen-bond donors (Lipinski definition) is 1. The summed E-state index contributed by atoms with van der Waals surface area (Å²) >= 11 is 0. The van der Waals surface area contributed by atoms with Crippen molar-refractivity contribution in [3.63, 3.8) is 0 Å². The summed E-state index contributed by atoms with van der Waals surface area (Å²) in [5.74, 6) is -3.81. The zero-order valence-corrected chi connectivity index (χ0v) is 21.1. The van der Waals surface area contributed by atoms with Gasteiger partial charge in [0.15, 0.2) is 12.3 Å². The average molecular weight is 506 g/mol. The number of halogens is 1. The number of hydrogen-bond acceptors (Lipinski definition) is 7. The van der Waals surface area contributed by atoms with Gasteiger partial charge >= 0.3 is 11.8 Å². The molecule has 0 aromatic heterocycles. The van der Waals surface area contributed by atoms with E-state index in [4.69, 9.17) is 4.74 Å². The fraction of sp³-hybridized carbons (Fsp3) is 0.500. The smallest absolute Gasteiger partial charge is 0.312 e. The van der Waals surface area contributed by atoms with Gasteiger partial charge in [-0.25, -0.2) is 9.38 Å². The first kappa shape index (κ1) is 28.6. The van der Waals surface area contributed by atoms with Gasteiger partial charge in [-0.2, -0.15) is 0 Å². The van der Waals surface area contributed by atoms with Crippen molar-refractivity contribution in [2.45, 2.75) is 38.0 Å². The molecule has 11 nitrogen and oxygen atoms in total. The fourth-order valence-electron chi connectivity index (χ4n) is 3.60. The zero-order valence-electron chi connectivity index (χ0n) is 21.1. The number of benzene rings is 1. The predicted octanol–water partition coefficient (Wildman–Crippen LogP) is -0.367. The van der Waals surface area contributed by atoms with Gasteiger partial charge in [-0.15, -0.1) is 0 Å². The second-order valence-corrected chi connectivity index (χ2v) is 8.60. The quantitative estimate of drug-likeness (QED) is 0.290. The molecule has 0 saturated carbocycles. The molecule has 1 aliphatic heterocycles. The lowest BCUT2D eigenvalue weighted by Gasteiger charge is -2.34. The number of carbonyl (C=O) groups excluding carboxylic acids is 5. The highest BCUT2D eigenvalue weighted by Crippen LogP contribution is 2.17. The summed E-state index contributed by atoms with van der Waals surface area (Å²) in [6, 6.07) is 2.57. The molecule has 1 aromatic rings. The Hall–Kier alpha value is -3.67. The maximum atomic E-state index is 13.2. The number of likely N-dealkylation sites (N-methyl/N-ethyl adjacent to an activating group) is 3. The molecule has 1 fully saturated rings. The van der Waals surface area contributed by atoms with E-state index in [9.17, 15) is 28.4 Å². The average Bonchev–Trinajstić information content (AvgIpc) is 3.02. The standard InChI is InChI=1S/C24H32FN5O6/c1-6-17-13-36-14-18(30(5)24(35)23(34)28(2)3)21(29(17)4)27-20(19(32)12-31)22(33)26-11-15-7-9-16(25)10-8-15/h7-10,12,17-18,20H,6,11,13-14H2,1-5H3,(H,26,33). The minimum Gasteiger partial charge on any atom is -0.377 e. The van der Waals surface area contributed by atoms with Crippen LogP contribution in [0.15, 0.2) is 29.3 Å². The van der Waals surface area contributed by atoms with Crippen molar-refractivity contribution in [2.24, 2.45) is 4.99 Å². The lowest BCUT2D eigenvalue weighted by atomic mass is 10.1. The van der Waals surface area contributed by atoms with E-state index in [-0.39, 0.29) is 37.9 Å². The number of aldehydes is 1. The van der Waals surface area contributed by atoms with Crippen LogP contribution in [0.3, 0.4) is 0 Å². The molecule has 0 spiro atoms. The van der Waals surface area contributed by atoms with Crippen molar-refractivity contribution in [3.05, 3.63) is 35.6 Å². The molecule has 1 aliphatic rings. The Labute approximate surface area is 209 Å². The van der Waals surface area contributed by atoms with E-state index in [1.165, 1.54) is 45.4 Å². The van der Waals surface area contributed by atoms with Crippen molar-refractivity contribution < 1.29 is 33.1 Å². The molecule has 196 valence electrons. The Balaban J connectivity index is 2.44. The number of nitrogens with one attached hydrogen (secondary N) is 1. The Kier molecular flexibility index (Phi) is 10.2. The van der Waals surface area contributed by atoms with E-state index in [1.807, 2.05) is 6.92 Å². The van der Waals surface area contributed by atoms with E-state index in [2.05, 4.69) is 10.3 Å². The van der Waals surface area contributed by atoms with Gasteiger partial charge < -0.3 is 24.8 Å². The molecule has 3 unspecified atom stereocenters. The van der Waals surface area contributed by atoms with Crippen LogP contribution in [0.5, 0.6) is 0 Å². The zero-order chi connectivity index (χ0) is 27.0. The molecule has 36 heavy (non-hydrogen) atoms. The van der Waals surface area contributed by atoms with Crippen LogP contribution in [0, 0.1) is 5.82 Å². The monoisotopic (exact) mass is 505 g/mol. The van der Waals surface area contributed by atoms with Crippen molar-refractivity contribution in [1.82, 2.24) is 20.0 Å². The molecule has 3 atom stereocenters. The maximum Gasteiger partial charge on any atom is 0.312 e. The van der Waals surface area contributed by atoms with E-state index in [1.54, 1.807) is 11.9 Å². The van der Waals surface area contributed by atoms with Gasteiger partial charge in [0.1, 0.15) is 17.7 Å². The number of nitrogens with zero attached hydrogens (tertiary/aromatic N) is 4. The predicted molar refractivity (Wildman–Crippen MR) is 128 cm³/mol. The lowest BCUT2D eigenvalue weighted by Crippen LogP contribution is -2.55. The first-order valence-corrected chi connectivity index (χ1v) is 11.4. The van der Waals surface area contributed by atoms with Crippen LogP contribution >= 0.6 is 0 Å². The van der Waals surface area contributed by atoms with Gasteiger partial charge in [-0.1, -0.05) is 19.1 Å². The number of ketones is 1. The Morgan fingerprint density at radius 1 is 1.17 bits per heavy atom. The molecule has 1 aromatic carbocycles. The summed E-state index contributed by atoms with van der Waals surface area (Å²) in [5.41, 5.74) is 0.575. The minimum absolute atomic E-state index is 0.0101. The molecule has 1 N–H and O–H groups in total. The lowest BCUT2D eigenvalue weighted by molar-refractivity contribution is -0.150. The third kappa shape index (κ3) is 6.94. The third-order valence-electron chi connectivity index (χ3n) is 5.92. The van der Waals surface area contributed by atoms with Crippen LogP contribution in [-0.4, -0.2) is 110 Å². The number of carbonyl (C=O) groups is 5. The van der Waals surface area contributed by atoms with Gasteiger partial charge in [-0.3, -0.25) is 24.0 Å². The van der Waals surface area contributed by atoms with E-state index in [0.29, 0.717) is 12.0 Å². The second-order valence-electron chi connectivity index (χ2n) is 8.60. The maximum absolute atomic E-state index is 13.2. The van der Waals surface area contributed by atoms with E-state index in [0.717, 1.165) is 9.80 Å².